The summed E-state index contributed by atoms with van der Waals surface area (Å²) in [6.45, 7) is 12.4. The SMILES string of the molecule is CCCCCCN(CCCCCC)c1ccc2c3c(cccc13)C(=O)N(c1ccc(Cc3cc(Oc4ccccc4)c4c5ccc6c7c(cc(Oc8ccccc8)c(c8ccc(C(N)=O)c3c84)c75)C(=O)N(c3ccc(N4C(=O)c5cccc7c(N(CCCCCC)CCCCCC)ccc(c57)C4=O)cc3)C6=O)cc1)C2=O. The summed E-state index contributed by atoms with van der Waals surface area (Å²) in [5.41, 5.74) is 13.3. The summed E-state index contributed by atoms with van der Waals surface area (Å²) in [6, 6.07) is 62.3. The van der Waals surface area contributed by atoms with Gasteiger partial charge in [0.15, 0.2) is 0 Å². The number of benzene rings is 13. The van der Waals surface area contributed by atoms with Gasteiger partial charge in [0.1, 0.15) is 23.0 Å². The lowest BCUT2D eigenvalue weighted by atomic mass is 9.81. The molecule has 3 aliphatic heterocycles. The van der Waals surface area contributed by atoms with E-state index in [9.17, 15) is 24.0 Å². The molecule has 15 nitrogen and oxygen atoms in total. The normalized spacial score (nSPS) is 13.4. The predicted molar refractivity (Wildman–Crippen MR) is 447 cm³/mol. The summed E-state index contributed by atoms with van der Waals surface area (Å²) >= 11 is 0. The Balaban J connectivity index is 0.762. The maximum atomic E-state index is 15.8. The average molecular weight is 1470 g/mol. The van der Waals surface area contributed by atoms with Crippen LogP contribution < -0.4 is 39.7 Å². The molecule has 0 bridgehead atoms. The molecule has 13 aromatic carbocycles. The Kier molecular flexibility index (Phi) is 20.6. The van der Waals surface area contributed by atoms with E-state index in [2.05, 4.69) is 43.6 Å². The van der Waals surface area contributed by atoms with Gasteiger partial charge in [-0.2, -0.15) is 0 Å². The Labute approximate surface area is 646 Å². The van der Waals surface area contributed by atoms with Crippen LogP contribution in [0, 0.1) is 0 Å². The van der Waals surface area contributed by atoms with E-state index in [1.165, 1.54) is 22.6 Å². The number of ether oxygens (including phenoxy) is 2. The molecule has 0 aromatic heterocycles. The number of amides is 7. The third-order valence-corrected chi connectivity index (χ3v) is 22.7. The van der Waals surface area contributed by atoms with Crippen molar-refractivity contribution in [3.05, 3.63) is 256 Å². The molecule has 0 radical (unpaired) electrons. The first-order valence-corrected chi connectivity index (χ1v) is 39.8. The van der Waals surface area contributed by atoms with Crippen LogP contribution in [0.2, 0.25) is 0 Å². The van der Waals surface area contributed by atoms with Crippen molar-refractivity contribution >= 4 is 134 Å². The fourth-order valence-corrected chi connectivity index (χ4v) is 17.3. The maximum absolute atomic E-state index is 15.8. The second-order valence-corrected chi connectivity index (χ2v) is 29.9. The Bertz CT molecular complexity index is 5770. The van der Waals surface area contributed by atoms with Crippen LogP contribution in [0.3, 0.4) is 0 Å². The molecule has 0 saturated heterocycles. The van der Waals surface area contributed by atoms with Crippen LogP contribution in [0.5, 0.6) is 23.0 Å². The van der Waals surface area contributed by atoms with Crippen LogP contribution >= 0.6 is 0 Å². The van der Waals surface area contributed by atoms with E-state index >= 15 is 9.59 Å². The Hall–Kier alpha value is -12.2. The first-order chi connectivity index (χ1) is 54.3. The molecule has 0 atom stereocenters. The lowest BCUT2D eigenvalue weighted by Gasteiger charge is -2.31. The fraction of sp³-hybridized carbons (Fsp3) is 0.260. The van der Waals surface area contributed by atoms with Gasteiger partial charge in [-0.05, 0) is 181 Å². The van der Waals surface area contributed by atoms with Crippen molar-refractivity contribution in [2.75, 3.05) is 50.7 Å². The number of carbonyl (C=O) groups excluding carboxylic acids is 7. The molecule has 558 valence electrons. The molecule has 15 heteroatoms. The van der Waals surface area contributed by atoms with Crippen molar-refractivity contribution < 1.29 is 43.0 Å². The molecule has 0 unspecified atom stereocenters. The molecule has 0 aliphatic carbocycles. The van der Waals surface area contributed by atoms with Crippen LogP contribution in [0.25, 0.3) is 64.6 Å². The van der Waals surface area contributed by atoms with Gasteiger partial charge in [-0.25, -0.2) is 14.7 Å². The zero-order valence-corrected chi connectivity index (χ0v) is 63.5. The molecular weight excluding hydrogens is 1380 g/mol. The molecule has 3 aliphatic rings. The largest absolute Gasteiger partial charge is 0.457 e. The van der Waals surface area contributed by atoms with Crippen molar-refractivity contribution in [2.45, 2.75) is 137 Å². The molecule has 111 heavy (non-hydrogen) atoms. The van der Waals surface area contributed by atoms with Gasteiger partial charge in [-0.15, -0.1) is 0 Å². The summed E-state index contributed by atoms with van der Waals surface area (Å²) < 4.78 is 14.0. The van der Waals surface area contributed by atoms with Gasteiger partial charge in [0.2, 0.25) is 5.91 Å². The highest BCUT2D eigenvalue weighted by Crippen LogP contribution is 2.53. The zero-order valence-electron chi connectivity index (χ0n) is 63.5. The standard InChI is InChI=1S/C96H90N6O9/c1-5-9-13-23-53-98(54-24-14-10-6-2)78-51-49-74-83-67(78)33-27-35-72(83)91(104)100(93(74)106)62-39-37-60(38-40-62)57-61-58-80(110-65-29-19-17-20-30-65)86-70-46-48-76-85-77(59-81(111-66-31-21-18-22-32-66)87(89(70)85)69-45-47-71(90(97)103)82(61)88(69)86)96(109)102(95(76)108)64-43-41-63(42-44-64)101-92(105)73-36-28-34-68-79(52-50-75(84(68)73)94(101)107)99(55-25-15-11-7-3)56-26-16-12-8-4/h17-22,27-52,58-59H,5-16,23-26,53-57H2,1-4H3,(H2,97,103). The number of fused-ring (bicyclic) bond motifs is 2. The van der Waals surface area contributed by atoms with Crippen LogP contribution in [0.15, 0.2) is 206 Å². The summed E-state index contributed by atoms with van der Waals surface area (Å²) in [6.07, 6.45) is 18.2. The van der Waals surface area contributed by atoms with Crippen molar-refractivity contribution in [1.82, 2.24) is 0 Å². The van der Waals surface area contributed by atoms with Gasteiger partial charge in [-0.3, -0.25) is 33.6 Å². The highest BCUT2D eigenvalue weighted by molar-refractivity contribution is 6.45. The van der Waals surface area contributed by atoms with Crippen molar-refractivity contribution in [3.63, 3.8) is 0 Å². The van der Waals surface area contributed by atoms with E-state index in [4.69, 9.17) is 15.2 Å². The van der Waals surface area contributed by atoms with Gasteiger partial charge >= 0.3 is 0 Å². The van der Waals surface area contributed by atoms with Crippen molar-refractivity contribution in [3.8, 4) is 23.0 Å². The quantitative estimate of drug-likeness (QED) is 0.0183. The Morgan fingerprint density at radius 2 is 0.694 bits per heavy atom. The molecule has 7 amide bonds. The minimum atomic E-state index is -0.674. The van der Waals surface area contributed by atoms with Crippen LogP contribution in [0.1, 0.15) is 214 Å². The number of hydrogen-bond donors (Lipinski definition) is 1. The number of carbonyl (C=O) groups is 7. The molecule has 16 rings (SSSR count). The molecule has 2 N–H and O–H groups in total. The minimum Gasteiger partial charge on any atom is -0.457 e. The number of nitrogens with zero attached hydrogens (tertiary/aromatic N) is 5. The number of nitrogens with two attached hydrogens (primary N) is 1. The zero-order chi connectivity index (χ0) is 76.6. The Morgan fingerprint density at radius 3 is 1.12 bits per heavy atom. The summed E-state index contributed by atoms with van der Waals surface area (Å²) in [7, 11) is 0. The second kappa shape index (κ2) is 31.4. The van der Waals surface area contributed by atoms with E-state index in [1.807, 2.05) is 140 Å². The summed E-state index contributed by atoms with van der Waals surface area (Å²) in [4.78, 5) is 113. The smallest absolute Gasteiger partial charge is 0.266 e. The van der Waals surface area contributed by atoms with Crippen LogP contribution in [0.4, 0.5) is 28.4 Å². The van der Waals surface area contributed by atoms with Gasteiger partial charge in [0, 0.05) is 119 Å². The minimum absolute atomic E-state index is 0.178. The number of anilines is 5. The highest BCUT2D eigenvalue weighted by atomic mass is 16.5. The third-order valence-electron chi connectivity index (χ3n) is 22.7. The number of rotatable bonds is 32. The molecule has 0 fully saturated rings. The summed E-state index contributed by atoms with van der Waals surface area (Å²) in [5.74, 6) is -1.97. The number of unbranched alkanes of at least 4 members (excludes halogenated alkanes) is 12. The molecular formula is C96H90N6O9. The lowest BCUT2D eigenvalue weighted by molar-refractivity contribution is 0.0876. The second-order valence-electron chi connectivity index (χ2n) is 29.9. The van der Waals surface area contributed by atoms with Gasteiger partial charge in [-0.1, -0.05) is 190 Å². The fourth-order valence-electron chi connectivity index (χ4n) is 17.3. The van der Waals surface area contributed by atoms with E-state index < -0.39 is 41.4 Å². The van der Waals surface area contributed by atoms with Gasteiger partial charge < -0.3 is 25.0 Å². The van der Waals surface area contributed by atoms with Crippen LogP contribution in [-0.4, -0.2) is 67.5 Å². The number of imide groups is 3. The molecule has 0 saturated carbocycles. The number of hydrogen-bond acceptors (Lipinski definition) is 11. The Morgan fingerprint density at radius 1 is 0.324 bits per heavy atom. The summed E-state index contributed by atoms with van der Waals surface area (Å²) in [5, 5.41) is 7.55. The van der Waals surface area contributed by atoms with Crippen LogP contribution in [-0.2, 0) is 6.42 Å². The first kappa shape index (κ1) is 72.9. The van der Waals surface area contributed by atoms with Gasteiger partial charge in [0.25, 0.3) is 35.4 Å². The monoisotopic (exact) mass is 1470 g/mol. The lowest BCUT2D eigenvalue weighted by Crippen LogP contribution is -2.41. The number of para-hydroxylation sites is 2. The van der Waals surface area contributed by atoms with E-state index in [1.54, 1.807) is 60.7 Å². The van der Waals surface area contributed by atoms with Crippen molar-refractivity contribution in [1.29, 1.82) is 0 Å². The predicted octanol–water partition coefficient (Wildman–Crippen LogP) is 22.7. The van der Waals surface area contributed by atoms with E-state index in [0.29, 0.717) is 110 Å². The topological polar surface area (TPSA) is 180 Å². The molecule has 3 heterocycles. The molecule has 13 aromatic rings. The van der Waals surface area contributed by atoms with E-state index in [0.717, 1.165) is 149 Å². The molecule has 0 spiro atoms. The van der Waals surface area contributed by atoms with Crippen molar-refractivity contribution in [2.24, 2.45) is 5.73 Å². The van der Waals surface area contributed by atoms with E-state index in [-0.39, 0.29) is 34.5 Å². The third kappa shape index (κ3) is 13.3. The first-order valence-electron chi connectivity index (χ1n) is 39.8. The average Bonchev–Trinajstić information content (AvgIpc) is 0.682. The van der Waals surface area contributed by atoms with Gasteiger partial charge in [0.05, 0.1) is 22.6 Å². The highest BCUT2D eigenvalue weighted by Gasteiger charge is 2.41. The number of primary amides is 1. The maximum Gasteiger partial charge on any atom is 0.266 e.